The van der Waals surface area contributed by atoms with Gasteiger partial charge >= 0.3 is 0 Å². The van der Waals surface area contributed by atoms with E-state index < -0.39 is 0 Å². The Hall–Kier alpha value is -0.500. The van der Waals surface area contributed by atoms with Gasteiger partial charge in [0.15, 0.2) is 0 Å². The first kappa shape index (κ1) is 11.0. The lowest BCUT2D eigenvalue weighted by molar-refractivity contribution is 0.292. The van der Waals surface area contributed by atoms with Crippen LogP contribution in [0.15, 0.2) is 30.3 Å². The number of alkyl halides is 1. The van der Waals surface area contributed by atoms with E-state index in [2.05, 4.69) is 15.9 Å². The van der Waals surface area contributed by atoms with Gasteiger partial charge in [0.1, 0.15) is 5.75 Å². The molecule has 0 bridgehead atoms. The van der Waals surface area contributed by atoms with E-state index >= 15 is 0 Å². The van der Waals surface area contributed by atoms with E-state index in [0.29, 0.717) is 5.41 Å². The van der Waals surface area contributed by atoms with Crippen molar-refractivity contribution in [2.45, 2.75) is 25.7 Å². The minimum Gasteiger partial charge on any atom is -0.494 e. The predicted octanol–water partition coefficient (Wildman–Crippen LogP) is 4.02. The molecular weight excluding hydrogens is 252 g/mol. The Bertz CT molecular complexity index is 293. The van der Waals surface area contributed by atoms with E-state index in [1.807, 2.05) is 30.3 Å². The molecule has 1 fully saturated rings. The van der Waals surface area contributed by atoms with E-state index in [9.17, 15) is 0 Å². The molecule has 0 amide bonds. The Morgan fingerprint density at radius 1 is 1.20 bits per heavy atom. The zero-order valence-corrected chi connectivity index (χ0v) is 10.5. The molecule has 1 saturated carbocycles. The molecule has 1 aliphatic rings. The lowest BCUT2D eigenvalue weighted by Crippen LogP contribution is -2.05. The predicted molar refractivity (Wildman–Crippen MR) is 66.6 cm³/mol. The average molecular weight is 269 g/mol. The summed E-state index contributed by atoms with van der Waals surface area (Å²) in [5.41, 5.74) is 0.625. The van der Waals surface area contributed by atoms with Crippen molar-refractivity contribution in [1.29, 1.82) is 0 Å². The fraction of sp³-hybridized carbons (Fsp3) is 0.538. The largest absolute Gasteiger partial charge is 0.494 e. The fourth-order valence-corrected chi connectivity index (χ4v) is 2.62. The second-order valence-electron chi connectivity index (χ2n) is 4.40. The number of halogens is 1. The SMILES string of the molecule is BrCC1(CCCOc2ccccc2)CC1. The molecule has 0 aromatic heterocycles. The molecule has 0 N–H and O–H groups in total. The monoisotopic (exact) mass is 268 g/mol. The van der Waals surface area contributed by atoms with Crippen LogP contribution in [0.25, 0.3) is 0 Å². The van der Waals surface area contributed by atoms with Gasteiger partial charge < -0.3 is 4.74 Å². The highest BCUT2D eigenvalue weighted by atomic mass is 79.9. The average Bonchev–Trinajstić information content (AvgIpc) is 3.07. The maximum Gasteiger partial charge on any atom is 0.119 e. The molecule has 1 aromatic rings. The molecule has 1 nitrogen and oxygen atoms in total. The molecule has 15 heavy (non-hydrogen) atoms. The Kier molecular flexibility index (Phi) is 3.68. The zero-order chi connectivity index (χ0) is 10.6. The molecule has 0 saturated heterocycles. The van der Waals surface area contributed by atoms with Crippen LogP contribution in [0.2, 0.25) is 0 Å². The quantitative estimate of drug-likeness (QED) is 0.560. The summed E-state index contributed by atoms with van der Waals surface area (Å²) in [6.07, 6.45) is 5.25. The van der Waals surface area contributed by atoms with Crippen molar-refractivity contribution >= 4 is 15.9 Å². The van der Waals surface area contributed by atoms with Crippen molar-refractivity contribution in [2.24, 2.45) is 5.41 Å². The second-order valence-corrected chi connectivity index (χ2v) is 4.96. The van der Waals surface area contributed by atoms with Crippen molar-refractivity contribution in [3.63, 3.8) is 0 Å². The van der Waals surface area contributed by atoms with Gasteiger partial charge in [-0.25, -0.2) is 0 Å². The molecule has 2 rings (SSSR count). The van der Waals surface area contributed by atoms with Crippen molar-refractivity contribution in [3.05, 3.63) is 30.3 Å². The number of rotatable bonds is 6. The highest BCUT2D eigenvalue weighted by Gasteiger charge is 2.40. The number of benzene rings is 1. The molecule has 0 heterocycles. The maximum atomic E-state index is 5.66. The van der Waals surface area contributed by atoms with Gasteiger partial charge in [0.05, 0.1) is 6.61 Å². The van der Waals surface area contributed by atoms with Crippen LogP contribution in [0.4, 0.5) is 0 Å². The minimum absolute atomic E-state index is 0.625. The van der Waals surface area contributed by atoms with Crippen molar-refractivity contribution < 1.29 is 4.74 Å². The summed E-state index contributed by atoms with van der Waals surface area (Å²) in [7, 11) is 0. The molecule has 0 atom stereocenters. The first-order valence-corrected chi connectivity index (χ1v) is 6.71. The molecule has 1 aliphatic carbocycles. The third-order valence-corrected chi connectivity index (χ3v) is 4.29. The molecule has 82 valence electrons. The van der Waals surface area contributed by atoms with Crippen LogP contribution in [0, 0.1) is 5.41 Å². The third kappa shape index (κ3) is 3.23. The number of hydrogen-bond donors (Lipinski definition) is 0. The molecule has 0 aliphatic heterocycles. The number of ether oxygens (including phenoxy) is 1. The van der Waals surface area contributed by atoms with Crippen molar-refractivity contribution in [3.8, 4) is 5.75 Å². The van der Waals surface area contributed by atoms with Gasteiger partial charge in [-0.1, -0.05) is 34.1 Å². The third-order valence-electron chi connectivity index (χ3n) is 3.10. The number of hydrogen-bond acceptors (Lipinski definition) is 1. The highest BCUT2D eigenvalue weighted by molar-refractivity contribution is 9.09. The van der Waals surface area contributed by atoms with Crippen LogP contribution in [0.3, 0.4) is 0 Å². The summed E-state index contributed by atoms with van der Waals surface area (Å²) in [5.74, 6) is 0.987. The second kappa shape index (κ2) is 5.02. The summed E-state index contributed by atoms with van der Waals surface area (Å²) in [6, 6.07) is 10.1. The van der Waals surface area contributed by atoms with Gasteiger partial charge in [-0.15, -0.1) is 0 Å². The lowest BCUT2D eigenvalue weighted by Gasteiger charge is -2.11. The van der Waals surface area contributed by atoms with E-state index in [1.54, 1.807) is 0 Å². The first-order valence-electron chi connectivity index (χ1n) is 5.58. The summed E-state index contributed by atoms with van der Waals surface area (Å²) < 4.78 is 5.66. The Morgan fingerprint density at radius 2 is 1.93 bits per heavy atom. The topological polar surface area (TPSA) is 9.23 Å². The summed E-state index contributed by atoms with van der Waals surface area (Å²) in [5, 5.41) is 1.16. The van der Waals surface area contributed by atoms with E-state index in [0.717, 1.165) is 17.7 Å². The number of para-hydroxylation sites is 1. The Morgan fingerprint density at radius 3 is 2.53 bits per heavy atom. The molecule has 0 radical (unpaired) electrons. The summed E-state index contributed by atoms with van der Waals surface area (Å²) in [4.78, 5) is 0. The van der Waals surface area contributed by atoms with Crippen molar-refractivity contribution in [2.75, 3.05) is 11.9 Å². The van der Waals surface area contributed by atoms with E-state index in [4.69, 9.17) is 4.74 Å². The van der Waals surface area contributed by atoms with Gasteiger partial charge in [-0.3, -0.25) is 0 Å². The van der Waals surface area contributed by atoms with Crippen LogP contribution < -0.4 is 4.74 Å². The van der Waals surface area contributed by atoms with Crippen LogP contribution in [0.5, 0.6) is 5.75 Å². The van der Waals surface area contributed by atoms with Crippen molar-refractivity contribution in [1.82, 2.24) is 0 Å². The fourth-order valence-electron chi connectivity index (χ4n) is 1.78. The molecule has 0 spiro atoms. The Balaban J connectivity index is 1.63. The standard InChI is InChI=1S/C13H17BrO/c14-11-13(8-9-13)7-4-10-15-12-5-2-1-3-6-12/h1-3,5-6H,4,7-11H2. The minimum atomic E-state index is 0.625. The lowest BCUT2D eigenvalue weighted by atomic mass is 10.0. The molecular formula is C13H17BrO. The highest BCUT2D eigenvalue weighted by Crippen LogP contribution is 2.50. The molecule has 0 unspecified atom stereocenters. The van der Waals surface area contributed by atoms with E-state index in [1.165, 1.54) is 25.7 Å². The first-order chi connectivity index (χ1) is 7.35. The molecule has 1 aromatic carbocycles. The molecule has 2 heteroatoms. The van der Waals surface area contributed by atoms with Gasteiger partial charge in [0, 0.05) is 5.33 Å². The van der Waals surface area contributed by atoms with Gasteiger partial charge in [0.2, 0.25) is 0 Å². The zero-order valence-electron chi connectivity index (χ0n) is 8.92. The van der Waals surface area contributed by atoms with Crippen LogP contribution >= 0.6 is 15.9 Å². The van der Waals surface area contributed by atoms with Gasteiger partial charge in [0.25, 0.3) is 0 Å². The smallest absolute Gasteiger partial charge is 0.119 e. The van der Waals surface area contributed by atoms with Gasteiger partial charge in [-0.05, 0) is 43.2 Å². The summed E-state index contributed by atoms with van der Waals surface area (Å²) >= 11 is 3.59. The van der Waals surface area contributed by atoms with Gasteiger partial charge in [-0.2, -0.15) is 0 Å². The van der Waals surface area contributed by atoms with E-state index in [-0.39, 0.29) is 0 Å². The van der Waals surface area contributed by atoms with Crippen LogP contribution in [-0.2, 0) is 0 Å². The summed E-state index contributed by atoms with van der Waals surface area (Å²) in [6.45, 7) is 0.846. The Labute approximate surface area is 100.0 Å². The van der Waals surface area contributed by atoms with Crippen LogP contribution in [0.1, 0.15) is 25.7 Å². The van der Waals surface area contributed by atoms with Crippen LogP contribution in [-0.4, -0.2) is 11.9 Å². The maximum absolute atomic E-state index is 5.66. The normalized spacial score (nSPS) is 17.4.